The summed E-state index contributed by atoms with van der Waals surface area (Å²) in [7, 11) is 3.47. The fourth-order valence-electron chi connectivity index (χ4n) is 11.2. The van der Waals surface area contributed by atoms with Crippen LogP contribution in [0.5, 0.6) is 0 Å². The van der Waals surface area contributed by atoms with Crippen LogP contribution in [-0.4, -0.2) is 119 Å². The molecule has 4 amide bonds. The van der Waals surface area contributed by atoms with Gasteiger partial charge in [-0.3, -0.25) is 43.0 Å². The zero-order valence-corrected chi connectivity index (χ0v) is 39.1. The number of imide groups is 1. The summed E-state index contributed by atoms with van der Waals surface area (Å²) in [6, 6.07) is 8.60. The third-order valence-corrected chi connectivity index (χ3v) is 15.1. The Morgan fingerprint density at radius 1 is 0.897 bits per heavy atom. The molecule has 0 bridgehead atoms. The number of hydrogen-bond donors (Lipinski definition) is 2. The van der Waals surface area contributed by atoms with Gasteiger partial charge in [0.1, 0.15) is 6.04 Å². The van der Waals surface area contributed by atoms with Crippen molar-refractivity contribution < 1.29 is 28.0 Å². The van der Waals surface area contributed by atoms with E-state index in [-0.39, 0.29) is 41.4 Å². The molecule has 3 aromatic heterocycles. The second-order valence-corrected chi connectivity index (χ2v) is 19.3. The number of likely N-dealkylation sites (tertiary alicyclic amines) is 2. The summed E-state index contributed by atoms with van der Waals surface area (Å²) in [5, 5.41) is 15.4. The number of hydrogen-bond acceptors (Lipinski definition) is 10. The maximum absolute atomic E-state index is 14.7. The first-order chi connectivity index (χ1) is 32.8. The van der Waals surface area contributed by atoms with Crippen molar-refractivity contribution in [1.29, 1.82) is 0 Å². The minimum atomic E-state index is -2.68. The average Bonchev–Trinajstić information content (AvgIpc) is 4.02. The number of nitrogens with one attached hydrogen (secondary N) is 2. The van der Waals surface area contributed by atoms with Crippen LogP contribution >= 0.6 is 0 Å². The van der Waals surface area contributed by atoms with E-state index >= 15 is 0 Å². The first-order valence-corrected chi connectivity index (χ1v) is 24.2. The lowest BCUT2D eigenvalue weighted by atomic mass is 9.92. The zero-order chi connectivity index (χ0) is 47.4. The van der Waals surface area contributed by atoms with Gasteiger partial charge < -0.3 is 24.9 Å². The number of carbonyl (C=O) groups excluding carboxylic acids is 4. The van der Waals surface area contributed by atoms with Crippen molar-refractivity contribution in [3.05, 3.63) is 75.6 Å². The van der Waals surface area contributed by atoms with E-state index in [9.17, 15) is 32.8 Å². The highest BCUT2D eigenvalue weighted by Crippen LogP contribution is 2.44. The molecule has 0 aliphatic carbocycles. The van der Waals surface area contributed by atoms with Crippen LogP contribution in [0.15, 0.2) is 47.5 Å². The molecule has 5 aliphatic heterocycles. The Labute approximate surface area is 393 Å². The Morgan fingerprint density at radius 3 is 2.41 bits per heavy atom. The SMILES string of the molecule is CC(=O)N1CCc2c(c(N3CCCc4cc(-c5cnn(C)c5)c(C(F)F)cc43)nn2C2CCN(C(=O)CCN3CCC(CNc4ccc5c(c4)n(C)c(=O)n5C4CCC(=O)NC4=O)CC3)CC2)C1. The molecule has 1 atom stereocenters. The maximum Gasteiger partial charge on any atom is 0.329 e. The fraction of sp³-hybridized carbons (Fsp3) is 0.531. The maximum atomic E-state index is 14.7. The van der Waals surface area contributed by atoms with Crippen LogP contribution in [0.25, 0.3) is 22.2 Å². The molecule has 8 heterocycles. The minimum Gasteiger partial charge on any atom is -0.385 e. The Balaban J connectivity index is 0.742. The molecule has 360 valence electrons. The quantitative estimate of drug-likeness (QED) is 0.168. The van der Waals surface area contributed by atoms with Gasteiger partial charge in [-0.25, -0.2) is 13.6 Å². The van der Waals surface area contributed by atoms with Gasteiger partial charge in [-0.2, -0.15) is 10.2 Å². The molecule has 10 rings (SSSR count). The van der Waals surface area contributed by atoms with Gasteiger partial charge in [-0.05, 0) is 105 Å². The molecular formula is C49H60F2N12O5. The average molecular weight is 935 g/mol. The summed E-state index contributed by atoms with van der Waals surface area (Å²) < 4.78 is 36.3. The molecular weight excluding hydrogens is 875 g/mol. The number of piperidine rings is 3. The lowest BCUT2D eigenvalue weighted by Crippen LogP contribution is -2.44. The first kappa shape index (κ1) is 45.4. The monoisotopic (exact) mass is 934 g/mol. The topological polar surface area (TPSA) is 168 Å². The molecule has 0 spiro atoms. The molecule has 3 fully saturated rings. The Morgan fingerprint density at radius 2 is 1.69 bits per heavy atom. The number of nitrogens with zero attached hydrogens (tertiary/aromatic N) is 10. The number of amides is 4. The number of rotatable bonds is 11. The number of imidazole rings is 1. The van der Waals surface area contributed by atoms with Gasteiger partial charge in [0.2, 0.25) is 23.6 Å². The van der Waals surface area contributed by atoms with Gasteiger partial charge in [0.15, 0.2) is 5.82 Å². The normalized spacial score (nSPS) is 19.7. The summed E-state index contributed by atoms with van der Waals surface area (Å²) >= 11 is 0. The second-order valence-electron chi connectivity index (χ2n) is 19.3. The molecule has 0 radical (unpaired) electrons. The highest BCUT2D eigenvalue weighted by atomic mass is 19.3. The number of benzene rings is 2. The molecule has 68 heavy (non-hydrogen) atoms. The van der Waals surface area contributed by atoms with E-state index in [2.05, 4.69) is 30.2 Å². The van der Waals surface area contributed by atoms with E-state index < -0.39 is 18.4 Å². The van der Waals surface area contributed by atoms with E-state index in [4.69, 9.17) is 5.10 Å². The van der Waals surface area contributed by atoms with Gasteiger partial charge in [-0.15, -0.1) is 0 Å². The molecule has 2 aromatic carbocycles. The molecule has 19 heteroatoms. The molecule has 0 saturated carbocycles. The number of alkyl halides is 2. The summed E-state index contributed by atoms with van der Waals surface area (Å²) in [5.41, 5.74) is 6.87. The fourth-order valence-corrected chi connectivity index (χ4v) is 11.2. The van der Waals surface area contributed by atoms with Gasteiger partial charge in [-0.1, -0.05) is 0 Å². The van der Waals surface area contributed by atoms with Crippen LogP contribution < -0.4 is 21.2 Å². The minimum absolute atomic E-state index is 0.00821. The van der Waals surface area contributed by atoms with Crippen molar-refractivity contribution in [3.63, 3.8) is 0 Å². The van der Waals surface area contributed by atoms with Crippen molar-refractivity contribution in [3.8, 4) is 11.1 Å². The van der Waals surface area contributed by atoms with Crippen molar-refractivity contribution in [1.82, 2.24) is 48.7 Å². The lowest BCUT2D eigenvalue weighted by molar-refractivity contribution is -0.136. The van der Waals surface area contributed by atoms with Crippen LogP contribution in [0.1, 0.15) is 99.2 Å². The van der Waals surface area contributed by atoms with Crippen molar-refractivity contribution in [2.75, 3.05) is 62.6 Å². The van der Waals surface area contributed by atoms with Crippen LogP contribution in [0.2, 0.25) is 0 Å². The van der Waals surface area contributed by atoms with E-state index in [1.165, 1.54) is 4.57 Å². The third-order valence-electron chi connectivity index (χ3n) is 15.1. The van der Waals surface area contributed by atoms with Crippen LogP contribution in [0.3, 0.4) is 0 Å². The lowest BCUT2D eigenvalue weighted by Gasteiger charge is -2.35. The Bertz CT molecular complexity index is 2830. The summed E-state index contributed by atoms with van der Waals surface area (Å²) in [4.78, 5) is 72.1. The number of aryl methyl sites for hydroxylation is 3. The van der Waals surface area contributed by atoms with Crippen molar-refractivity contribution in [2.45, 2.75) is 96.2 Å². The molecule has 3 saturated heterocycles. The largest absolute Gasteiger partial charge is 0.385 e. The van der Waals surface area contributed by atoms with E-state index in [0.29, 0.717) is 81.1 Å². The van der Waals surface area contributed by atoms with Gasteiger partial charge in [0.25, 0.3) is 6.43 Å². The van der Waals surface area contributed by atoms with Crippen molar-refractivity contribution in [2.24, 2.45) is 20.0 Å². The summed E-state index contributed by atoms with van der Waals surface area (Å²) in [5.74, 6) is 0.571. The smallest absolute Gasteiger partial charge is 0.329 e. The second kappa shape index (κ2) is 18.6. The predicted molar refractivity (Wildman–Crippen MR) is 252 cm³/mol. The van der Waals surface area contributed by atoms with Gasteiger partial charge in [0, 0.05) is 120 Å². The Kier molecular flexibility index (Phi) is 12.4. The molecule has 17 nitrogen and oxygen atoms in total. The summed E-state index contributed by atoms with van der Waals surface area (Å²) in [6.45, 7) is 7.78. The predicted octanol–water partition coefficient (Wildman–Crippen LogP) is 5.22. The van der Waals surface area contributed by atoms with Gasteiger partial charge in [0.05, 0.1) is 29.8 Å². The van der Waals surface area contributed by atoms with Gasteiger partial charge >= 0.3 is 5.69 Å². The highest BCUT2D eigenvalue weighted by Gasteiger charge is 2.36. The number of halogens is 2. The number of carbonyl (C=O) groups is 4. The first-order valence-electron chi connectivity index (χ1n) is 24.2. The van der Waals surface area contributed by atoms with Crippen LogP contribution in [0, 0.1) is 5.92 Å². The molecule has 5 aromatic rings. The molecule has 5 aliphatic rings. The number of aromatic nitrogens is 6. The summed E-state index contributed by atoms with van der Waals surface area (Å²) in [6.07, 6.45) is 7.40. The van der Waals surface area contributed by atoms with E-state index in [1.807, 2.05) is 34.1 Å². The van der Waals surface area contributed by atoms with Crippen LogP contribution in [-0.2, 0) is 52.7 Å². The molecule has 2 N–H and O–H groups in total. The van der Waals surface area contributed by atoms with Crippen LogP contribution in [0.4, 0.5) is 26.0 Å². The Hall–Kier alpha value is -6.37. The standard InChI is InChI=1S/C49H60F2N12O5/c1-30(64)60-22-14-39-38(29-60)47(61-16-4-5-32-23-36(33-27-53-56(2)28-33)37(46(50)51)25-42(32)61)55-63(39)35-12-20-59(21-13-35)45(66)15-19-58-17-10-31(11-18-58)26-52-34-6-7-40-43(24-34)57(3)49(68)62(40)41-8-9-44(65)54-48(41)67/h6-7,23-25,27-28,31,35,41,46,52H,4-5,8-22,26,29H2,1-3H3,(H,54,65,67). The van der Waals surface area contributed by atoms with E-state index in [0.717, 1.165) is 97.7 Å². The third kappa shape index (κ3) is 8.68. The van der Waals surface area contributed by atoms with E-state index in [1.54, 1.807) is 48.7 Å². The van der Waals surface area contributed by atoms with Crippen molar-refractivity contribution >= 4 is 51.9 Å². The number of anilines is 3. The molecule has 1 unspecified atom stereocenters. The zero-order valence-electron chi connectivity index (χ0n) is 39.1. The number of fused-ring (bicyclic) bond motifs is 3. The highest BCUT2D eigenvalue weighted by molar-refractivity contribution is 6.00.